The molecule has 3 rings (SSSR count). The molecule has 0 bridgehead atoms. The Morgan fingerprint density at radius 1 is 1.29 bits per heavy atom. The molecule has 130 valence electrons. The van der Waals surface area contributed by atoms with E-state index in [1.165, 1.54) is 0 Å². The fourth-order valence-electron chi connectivity index (χ4n) is 2.92. The largest absolute Gasteiger partial charge is 0.490 e. The van der Waals surface area contributed by atoms with Crippen LogP contribution in [0.5, 0.6) is 5.75 Å². The van der Waals surface area contributed by atoms with E-state index in [4.69, 9.17) is 16.3 Å². The van der Waals surface area contributed by atoms with Crippen molar-refractivity contribution in [3.05, 3.63) is 28.8 Å². The van der Waals surface area contributed by atoms with Crippen LogP contribution in [0, 0.1) is 5.92 Å². The molecule has 1 aliphatic heterocycles. The average molecular weight is 351 g/mol. The summed E-state index contributed by atoms with van der Waals surface area (Å²) in [7, 11) is 0. The van der Waals surface area contributed by atoms with E-state index in [9.17, 15) is 9.59 Å². The van der Waals surface area contributed by atoms with Crippen LogP contribution in [-0.4, -0.2) is 41.9 Å². The molecule has 2 amide bonds. The van der Waals surface area contributed by atoms with Gasteiger partial charge in [-0.25, -0.2) is 0 Å². The fourth-order valence-corrected chi connectivity index (χ4v) is 3.09. The highest BCUT2D eigenvalue weighted by molar-refractivity contribution is 6.31. The molecular weight excluding hydrogens is 328 g/mol. The monoisotopic (exact) mass is 350 g/mol. The summed E-state index contributed by atoms with van der Waals surface area (Å²) in [5.41, 5.74) is 0.472. The minimum Gasteiger partial charge on any atom is -0.490 e. The van der Waals surface area contributed by atoms with Crippen molar-refractivity contribution < 1.29 is 14.3 Å². The molecule has 1 aliphatic carbocycles. The van der Waals surface area contributed by atoms with Crippen molar-refractivity contribution in [1.82, 2.24) is 10.2 Å². The van der Waals surface area contributed by atoms with Crippen molar-refractivity contribution in [3.8, 4) is 5.75 Å². The minimum absolute atomic E-state index is 0.0244. The molecule has 1 heterocycles. The van der Waals surface area contributed by atoms with Gasteiger partial charge in [0, 0.05) is 24.0 Å². The van der Waals surface area contributed by atoms with E-state index in [-0.39, 0.29) is 29.9 Å². The topological polar surface area (TPSA) is 58.6 Å². The van der Waals surface area contributed by atoms with Gasteiger partial charge in [-0.05, 0) is 44.9 Å². The van der Waals surface area contributed by atoms with E-state index in [1.807, 2.05) is 13.8 Å². The Hall–Kier alpha value is -1.75. The minimum atomic E-state index is -0.109. The van der Waals surface area contributed by atoms with E-state index in [2.05, 4.69) is 5.32 Å². The third-order valence-corrected chi connectivity index (χ3v) is 4.76. The Morgan fingerprint density at radius 3 is 2.58 bits per heavy atom. The maximum atomic E-state index is 12.7. The van der Waals surface area contributed by atoms with E-state index in [0.717, 1.165) is 19.3 Å². The number of ether oxygens (including phenoxy) is 1. The number of likely N-dealkylation sites (tertiary alicyclic amines) is 1. The lowest BCUT2D eigenvalue weighted by molar-refractivity contribution is -0.129. The predicted molar refractivity (Wildman–Crippen MR) is 92.4 cm³/mol. The second kappa shape index (κ2) is 7.01. The van der Waals surface area contributed by atoms with Crippen molar-refractivity contribution in [2.24, 2.45) is 5.92 Å². The molecule has 1 aromatic rings. The van der Waals surface area contributed by atoms with Gasteiger partial charge in [-0.1, -0.05) is 18.0 Å². The van der Waals surface area contributed by atoms with Crippen LogP contribution in [0.2, 0.25) is 5.02 Å². The summed E-state index contributed by atoms with van der Waals surface area (Å²) in [6.07, 6.45) is 3.09. The quantitative estimate of drug-likeness (QED) is 0.888. The molecule has 0 spiro atoms. The summed E-state index contributed by atoms with van der Waals surface area (Å²) in [5, 5.41) is 3.53. The lowest BCUT2D eigenvalue weighted by atomic mass is 9.84. The van der Waals surface area contributed by atoms with Crippen molar-refractivity contribution >= 4 is 23.4 Å². The van der Waals surface area contributed by atoms with Gasteiger partial charge in [0.25, 0.3) is 5.91 Å². The summed E-state index contributed by atoms with van der Waals surface area (Å²) in [6.45, 7) is 4.90. The van der Waals surface area contributed by atoms with Crippen LogP contribution in [0.3, 0.4) is 0 Å². The summed E-state index contributed by atoms with van der Waals surface area (Å²) >= 11 is 6.03. The Labute approximate surface area is 147 Å². The van der Waals surface area contributed by atoms with Gasteiger partial charge in [0.1, 0.15) is 5.75 Å². The second-order valence-corrected chi connectivity index (χ2v) is 7.29. The summed E-state index contributed by atoms with van der Waals surface area (Å²) < 4.78 is 5.71. The van der Waals surface area contributed by atoms with Crippen LogP contribution < -0.4 is 10.1 Å². The van der Waals surface area contributed by atoms with Gasteiger partial charge in [-0.3, -0.25) is 9.59 Å². The van der Waals surface area contributed by atoms with Gasteiger partial charge < -0.3 is 15.0 Å². The Kier molecular flexibility index (Phi) is 4.99. The zero-order chi connectivity index (χ0) is 17.3. The highest BCUT2D eigenvalue weighted by atomic mass is 35.5. The highest BCUT2D eigenvalue weighted by Crippen LogP contribution is 2.28. The Bertz CT molecular complexity index is 637. The lowest BCUT2D eigenvalue weighted by Crippen LogP contribution is -2.61. The molecule has 0 unspecified atom stereocenters. The molecule has 1 saturated carbocycles. The maximum Gasteiger partial charge on any atom is 0.257 e. The van der Waals surface area contributed by atoms with Crippen LogP contribution in [-0.2, 0) is 4.79 Å². The van der Waals surface area contributed by atoms with Crippen LogP contribution in [0.15, 0.2) is 18.2 Å². The number of rotatable bonds is 5. The number of nitrogens with zero attached hydrogens (tertiary/aromatic N) is 1. The first-order chi connectivity index (χ1) is 11.4. The molecule has 6 heteroatoms. The molecule has 24 heavy (non-hydrogen) atoms. The number of nitrogens with one attached hydrogen (secondary N) is 1. The van der Waals surface area contributed by atoms with Gasteiger partial charge in [0.05, 0.1) is 17.7 Å². The standard InChI is InChI=1S/C18H23ClN2O3/c1-11(2)24-16-7-6-13(19)8-15(16)18(23)21-9-14(10-21)20-17(22)12-4-3-5-12/h6-8,11-12,14H,3-5,9-10H2,1-2H3,(H,20,22). The second-order valence-electron chi connectivity index (χ2n) is 6.85. The summed E-state index contributed by atoms with van der Waals surface area (Å²) in [4.78, 5) is 26.3. The van der Waals surface area contributed by atoms with Crippen LogP contribution >= 0.6 is 11.6 Å². The van der Waals surface area contributed by atoms with Crippen LogP contribution in [0.25, 0.3) is 0 Å². The zero-order valence-corrected chi connectivity index (χ0v) is 14.8. The molecule has 1 saturated heterocycles. The Morgan fingerprint density at radius 2 is 2.00 bits per heavy atom. The van der Waals surface area contributed by atoms with E-state index in [1.54, 1.807) is 23.1 Å². The Balaban J connectivity index is 1.59. The van der Waals surface area contributed by atoms with Crippen LogP contribution in [0.4, 0.5) is 0 Å². The summed E-state index contributed by atoms with van der Waals surface area (Å²) in [6, 6.07) is 5.14. The first-order valence-corrected chi connectivity index (χ1v) is 8.87. The van der Waals surface area contributed by atoms with Crippen molar-refractivity contribution in [3.63, 3.8) is 0 Å². The van der Waals surface area contributed by atoms with E-state index >= 15 is 0 Å². The van der Waals surface area contributed by atoms with Crippen molar-refractivity contribution in [1.29, 1.82) is 0 Å². The van der Waals surface area contributed by atoms with Crippen molar-refractivity contribution in [2.45, 2.75) is 45.3 Å². The maximum absolute atomic E-state index is 12.7. The van der Waals surface area contributed by atoms with Gasteiger partial charge in [0.15, 0.2) is 0 Å². The fraction of sp³-hybridized carbons (Fsp3) is 0.556. The molecule has 0 atom stereocenters. The molecular formula is C18H23ClN2O3. The molecule has 1 aromatic carbocycles. The number of hydrogen-bond acceptors (Lipinski definition) is 3. The normalized spacial score (nSPS) is 18.1. The zero-order valence-electron chi connectivity index (χ0n) is 14.0. The smallest absolute Gasteiger partial charge is 0.257 e. The van der Waals surface area contributed by atoms with E-state index in [0.29, 0.717) is 29.4 Å². The molecule has 5 nitrogen and oxygen atoms in total. The molecule has 2 aliphatic rings. The number of carbonyl (C=O) groups is 2. The molecule has 0 radical (unpaired) electrons. The number of amides is 2. The first-order valence-electron chi connectivity index (χ1n) is 8.50. The molecule has 1 N–H and O–H groups in total. The number of carbonyl (C=O) groups excluding carboxylic acids is 2. The van der Waals surface area contributed by atoms with Gasteiger partial charge in [0.2, 0.25) is 5.91 Å². The number of halogens is 1. The summed E-state index contributed by atoms with van der Waals surface area (Å²) in [5.74, 6) is 0.738. The number of benzene rings is 1. The van der Waals surface area contributed by atoms with Gasteiger partial charge in [-0.15, -0.1) is 0 Å². The van der Waals surface area contributed by atoms with Gasteiger partial charge >= 0.3 is 0 Å². The van der Waals surface area contributed by atoms with Crippen molar-refractivity contribution in [2.75, 3.05) is 13.1 Å². The molecule has 2 fully saturated rings. The highest BCUT2D eigenvalue weighted by Gasteiger charge is 2.35. The lowest BCUT2D eigenvalue weighted by Gasteiger charge is -2.41. The SMILES string of the molecule is CC(C)Oc1ccc(Cl)cc1C(=O)N1CC(NC(=O)C2CCC2)C1. The number of hydrogen-bond donors (Lipinski definition) is 1. The molecule has 0 aromatic heterocycles. The van der Waals surface area contributed by atoms with Gasteiger partial charge in [-0.2, -0.15) is 0 Å². The third kappa shape index (κ3) is 3.66. The average Bonchev–Trinajstić information content (AvgIpc) is 2.41. The predicted octanol–water partition coefficient (Wildman–Crippen LogP) is 2.87. The van der Waals surface area contributed by atoms with E-state index < -0.39 is 0 Å². The van der Waals surface area contributed by atoms with Crippen LogP contribution in [0.1, 0.15) is 43.5 Å². The third-order valence-electron chi connectivity index (χ3n) is 4.53. The first kappa shape index (κ1) is 17.1.